The third-order valence-electron chi connectivity index (χ3n) is 7.33. The van der Waals surface area contributed by atoms with Gasteiger partial charge in [0.2, 0.25) is 21.8 Å². The third-order valence-corrected chi connectivity index (χ3v) is 8.93. The molecule has 7 nitrogen and oxygen atoms in total. The van der Waals surface area contributed by atoms with Crippen LogP contribution in [0.2, 0.25) is 10.0 Å². The summed E-state index contributed by atoms with van der Waals surface area (Å²) in [7, 11) is -3.88. The minimum atomic E-state index is -3.88. The minimum Gasteiger partial charge on any atom is -0.352 e. The first kappa shape index (κ1) is 30.9. The third kappa shape index (κ3) is 8.47. The van der Waals surface area contributed by atoms with Crippen LogP contribution >= 0.6 is 23.2 Å². The highest BCUT2D eigenvalue weighted by Gasteiger charge is 2.34. The monoisotopic (exact) mass is 615 g/mol. The lowest BCUT2D eigenvalue weighted by Gasteiger charge is -2.34. The molecule has 1 N–H and O–H groups in total. The molecule has 0 heterocycles. The van der Waals surface area contributed by atoms with Crippen molar-refractivity contribution in [2.24, 2.45) is 0 Å². The van der Waals surface area contributed by atoms with E-state index in [4.69, 9.17) is 23.2 Å². The fraction of sp³-hybridized carbons (Fsp3) is 0.355. The number of aryl methyl sites for hydroxylation is 1. The predicted molar refractivity (Wildman–Crippen MR) is 165 cm³/mol. The molecule has 0 aromatic heterocycles. The minimum absolute atomic E-state index is 0.0468. The highest BCUT2D eigenvalue weighted by Crippen LogP contribution is 2.27. The van der Waals surface area contributed by atoms with Crippen molar-refractivity contribution in [1.82, 2.24) is 10.2 Å². The maximum Gasteiger partial charge on any atom is 0.244 e. The Hall–Kier alpha value is -3.07. The van der Waals surface area contributed by atoms with Crippen LogP contribution < -0.4 is 9.62 Å². The fourth-order valence-electron chi connectivity index (χ4n) is 5.20. The topological polar surface area (TPSA) is 86.8 Å². The van der Waals surface area contributed by atoms with E-state index in [0.29, 0.717) is 21.3 Å². The van der Waals surface area contributed by atoms with Crippen molar-refractivity contribution >= 4 is 50.7 Å². The van der Waals surface area contributed by atoms with Gasteiger partial charge in [0.15, 0.2) is 0 Å². The zero-order valence-electron chi connectivity index (χ0n) is 23.2. The molecule has 1 aliphatic rings. The summed E-state index contributed by atoms with van der Waals surface area (Å²) >= 11 is 12.5. The number of nitrogens with zero attached hydrogens (tertiary/aromatic N) is 2. The van der Waals surface area contributed by atoms with Gasteiger partial charge in [-0.05, 0) is 60.7 Å². The average molecular weight is 617 g/mol. The Kier molecular flexibility index (Phi) is 10.3. The summed E-state index contributed by atoms with van der Waals surface area (Å²) in [4.78, 5) is 29.6. The van der Waals surface area contributed by atoms with Gasteiger partial charge in [0.25, 0.3) is 0 Å². The molecular formula is C31H35Cl2N3O4S. The SMILES string of the molecule is Cc1ccc(Cl)cc1N(CC(=O)N(Cc1cccc(Cl)c1)[C@@H](Cc1ccccc1)C(=O)NC1CCCC1)S(C)(=O)=O. The number of amides is 2. The number of hydrogen-bond donors (Lipinski definition) is 1. The van der Waals surface area contributed by atoms with Gasteiger partial charge in [-0.3, -0.25) is 13.9 Å². The summed E-state index contributed by atoms with van der Waals surface area (Å²) in [5.74, 6) is -0.779. The first-order chi connectivity index (χ1) is 19.5. The molecule has 3 aromatic rings. The van der Waals surface area contributed by atoms with Crippen LogP contribution in [0.5, 0.6) is 0 Å². The molecule has 41 heavy (non-hydrogen) atoms. The number of benzene rings is 3. The number of halogens is 2. The summed E-state index contributed by atoms with van der Waals surface area (Å²) in [6.45, 7) is 1.33. The quantitative estimate of drug-likeness (QED) is 0.297. The van der Waals surface area contributed by atoms with Gasteiger partial charge in [-0.1, -0.05) is 84.6 Å². The first-order valence-electron chi connectivity index (χ1n) is 13.6. The van der Waals surface area contributed by atoms with Gasteiger partial charge in [0, 0.05) is 29.1 Å². The Morgan fingerprint density at radius 2 is 1.59 bits per heavy atom. The largest absolute Gasteiger partial charge is 0.352 e. The van der Waals surface area contributed by atoms with E-state index >= 15 is 0 Å². The maximum atomic E-state index is 14.2. The average Bonchev–Trinajstić information content (AvgIpc) is 3.43. The molecule has 218 valence electrons. The van der Waals surface area contributed by atoms with Crippen LogP contribution in [0, 0.1) is 6.92 Å². The van der Waals surface area contributed by atoms with Crippen molar-refractivity contribution in [3.8, 4) is 0 Å². The molecule has 0 aliphatic heterocycles. The Morgan fingerprint density at radius 3 is 2.24 bits per heavy atom. The molecule has 0 radical (unpaired) electrons. The van der Waals surface area contributed by atoms with Crippen LogP contribution in [0.25, 0.3) is 0 Å². The van der Waals surface area contributed by atoms with Crippen LogP contribution in [-0.4, -0.2) is 50.0 Å². The van der Waals surface area contributed by atoms with E-state index in [0.717, 1.165) is 47.4 Å². The van der Waals surface area contributed by atoms with E-state index in [1.165, 1.54) is 11.0 Å². The molecular weight excluding hydrogens is 581 g/mol. The second-order valence-corrected chi connectivity index (χ2v) is 13.3. The number of nitrogens with one attached hydrogen (secondary N) is 1. The Bertz CT molecular complexity index is 1480. The van der Waals surface area contributed by atoms with E-state index in [2.05, 4.69) is 5.32 Å². The van der Waals surface area contributed by atoms with Gasteiger partial charge in [0.1, 0.15) is 12.6 Å². The number of carbonyl (C=O) groups excluding carboxylic acids is 2. The Morgan fingerprint density at radius 1 is 0.927 bits per heavy atom. The van der Waals surface area contributed by atoms with E-state index in [-0.39, 0.29) is 24.9 Å². The van der Waals surface area contributed by atoms with Crippen molar-refractivity contribution in [3.63, 3.8) is 0 Å². The van der Waals surface area contributed by atoms with Crippen LogP contribution in [-0.2, 0) is 32.6 Å². The lowest BCUT2D eigenvalue weighted by atomic mass is 10.0. The van der Waals surface area contributed by atoms with Crippen molar-refractivity contribution in [1.29, 1.82) is 0 Å². The molecule has 3 aromatic carbocycles. The van der Waals surface area contributed by atoms with Crippen LogP contribution in [0.4, 0.5) is 5.69 Å². The molecule has 2 amide bonds. The molecule has 10 heteroatoms. The Balaban J connectivity index is 1.74. The van der Waals surface area contributed by atoms with Gasteiger partial charge in [-0.2, -0.15) is 0 Å². The van der Waals surface area contributed by atoms with Crippen molar-refractivity contribution in [2.75, 3.05) is 17.1 Å². The standard InChI is InChI=1S/C31H35Cl2N3O4S/c1-22-15-16-26(33)19-28(22)36(41(2,39)40)21-30(37)35(20-24-11-8-12-25(32)17-24)29(18-23-9-4-3-5-10-23)31(38)34-27-13-6-7-14-27/h3-5,8-12,15-17,19,27,29H,6-7,13-14,18,20-21H2,1-2H3,(H,34,38)/t29-/m0/s1. The summed E-state index contributed by atoms with van der Waals surface area (Å²) in [6, 6.07) is 20.6. The molecule has 1 aliphatic carbocycles. The number of sulfonamides is 1. The molecule has 1 fully saturated rings. The van der Waals surface area contributed by atoms with Gasteiger partial charge >= 0.3 is 0 Å². The molecule has 1 saturated carbocycles. The highest BCUT2D eigenvalue weighted by atomic mass is 35.5. The van der Waals surface area contributed by atoms with Crippen molar-refractivity contribution in [2.45, 2.75) is 57.7 Å². The number of carbonyl (C=O) groups is 2. The van der Waals surface area contributed by atoms with Gasteiger partial charge < -0.3 is 10.2 Å². The van der Waals surface area contributed by atoms with Gasteiger partial charge in [-0.25, -0.2) is 8.42 Å². The number of hydrogen-bond acceptors (Lipinski definition) is 4. The Labute approximate surface area is 252 Å². The second-order valence-electron chi connectivity index (χ2n) is 10.5. The fourth-order valence-corrected chi connectivity index (χ4v) is 6.48. The molecule has 1 atom stereocenters. The highest BCUT2D eigenvalue weighted by molar-refractivity contribution is 7.92. The van der Waals surface area contributed by atoms with E-state index in [1.807, 2.05) is 36.4 Å². The normalized spacial score (nSPS) is 14.4. The zero-order chi connectivity index (χ0) is 29.6. The molecule has 0 bridgehead atoms. The number of rotatable bonds is 11. The van der Waals surface area contributed by atoms with E-state index in [1.54, 1.807) is 37.3 Å². The van der Waals surface area contributed by atoms with Gasteiger partial charge in [0.05, 0.1) is 11.9 Å². The van der Waals surface area contributed by atoms with Crippen molar-refractivity contribution in [3.05, 3.63) is 99.5 Å². The molecule has 0 saturated heterocycles. The lowest BCUT2D eigenvalue weighted by Crippen LogP contribution is -2.54. The van der Waals surface area contributed by atoms with Crippen LogP contribution in [0.15, 0.2) is 72.8 Å². The first-order valence-corrected chi connectivity index (χ1v) is 16.2. The summed E-state index contributed by atoms with van der Waals surface area (Å²) < 4.78 is 27.0. The van der Waals surface area contributed by atoms with Crippen LogP contribution in [0.3, 0.4) is 0 Å². The predicted octanol–water partition coefficient (Wildman–Crippen LogP) is 5.77. The van der Waals surface area contributed by atoms with E-state index in [9.17, 15) is 18.0 Å². The lowest BCUT2D eigenvalue weighted by molar-refractivity contribution is -0.140. The molecule has 4 rings (SSSR count). The zero-order valence-corrected chi connectivity index (χ0v) is 25.6. The van der Waals surface area contributed by atoms with Crippen molar-refractivity contribution < 1.29 is 18.0 Å². The molecule has 0 unspecified atom stereocenters. The smallest absolute Gasteiger partial charge is 0.244 e. The van der Waals surface area contributed by atoms with Crippen LogP contribution in [0.1, 0.15) is 42.4 Å². The summed E-state index contributed by atoms with van der Waals surface area (Å²) in [5, 5.41) is 4.00. The second kappa shape index (κ2) is 13.7. The molecule has 0 spiro atoms. The number of anilines is 1. The van der Waals surface area contributed by atoms with E-state index < -0.39 is 28.5 Å². The summed E-state index contributed by atoms with van der Waals surface area (Å²) in [6.07, 6.45) is 5.18. The summed E-state index contributed by atoms with van der Waals surface area (Å²) in [5.41, 5.74) is 2.57. The van der Waals surface area contributed by atoms with Gasteiger partial charge in [-0.15, -0.1) is 0 Å². The maximum absolute atomic E-state index is 14.2.